The fourth-order valence-corrected chi connectivity index (χ4v) is 4.87. The molecule has 3 heterocycles. The Hall–Kier alpha value is -2.57. The van der Waals surface area contributed by atoms with E-state index in [1.54, 1.807) is 0 Å². The van der Waals surface area contributed by atoms with Gasteiger partial charge >= 0.3 is 12.1 Å². The van der Waals surface area contributed by atoms with Crippen LogP contribution in [0.3, 0.4) is 0 Å². The number of hydrogen-bond donors (Lipinski definition) is 0. The van der Waals surface area contributed by atoms with Gasteiger partial charge in [-0.1, -0.05) is 26.6 Å². The minimum atomic E-state index is -1.15. The Morgan fingerprint density at radius 1 is 1.31 bits per heavy atom. The number of nitrogens with zero attached hydrogens (tertiary/aromatic N) is 4. The first-order valence-electron chi connectivity index (χ1n) is 12.4. The van der Waals surface area contributed by atoms with Gasteiger partial charge in [-0.05, 0) is 51.6 Å². The van der Waals surface area contributed by atoms with Crippen molar-refractivity contribution in [2.24, 2.45) is 5.92 Å². The summed E-state index contributed by atoms with van der Waals surface area (Å²) in [6, 6.07) is 3.30. The Kier molecular flexibility index (Phi) is 8.49. The van der Waals surface area contributed by atoms with Crippen LogP contribution in [0.2, 0.25) is 25.7 Å². The van der Waals surface area contributed by atoms with Crippen LogP contribution in [-0.4, -0.2) is 65.0 Å². The van der Waals surface area contributed by atoms with Gasteiger partial charge in [-0.15, -0.1) is 6.42 Å². The summed E-state index contributed by atoms with van der Waals surface area (Å²) in [4.78, 5) is 23.5. The van der Waals surface area contributed by atoms with Crippen molar-refractivity contribution in [1.29, 1.82) is 0 Å². The SMILES string of the molecule is C#Cc1nc(OC[C@@H](C)C2CCCN2C(=O)OC(C)(C)C)nc2c1ccn2COCC[Si](C)(C)C. The Bertz CT molecular complexity index is 1060. The Balaban J connectivity index is 1.67. The highest BCUT2D eigenvalue weighted by Crippen LogP contribution is 2.27. The lowest BCUT2D eigenvalue weighted by Crippen LogP contribution is -2.43. The third-order valence-corrected chi connectivity index (χ3v) is 7.73. The molecule has 0 aliphatic carbocycles. The maximum Gasteiger partial charge on any atom is 0.410 e. The maximum absolute atomic E-state index is 12.7. The van der Waals surface area contributed by atoms with Crippen LogP contribution in [0.25, 0.3) is 11.0 Å². The Morgan fingerprint density at radius 3 is 2.71 bits per heavy atom. The molecule has 2 atom stereocenters. The molecule has 8 nitrogen and oxygen atoms in total. The van der Waals surface area contributed by atoms with Crippen LogP contribution < -0.4 is 4.74 Å². The Morgan fingerprint density at radius 2 is 2.06 bits per heavy atom. The van der Waals surface area contributed by atoms with E-state index in [9.17, 15) is 4.79 Å². The number of carbonyl (C=O) groups is 1. The van der Waals surface area contributed by atoms with Gasteiger partial charge in [-0.25, -0.2) is 4.79 Å². The van der Waals surface area contributed by atoms with Crippen LogP contribution in [0.15, 0.2) is 12.3 Å². The van der Waals surface area contributed by atoms with Gasteiger partial charge in [0.05, 0.1) is 12.0 Å². The number of fused-ring (bicyclic) bond motifs is 1. The zero-order chi connectivity index (χ0) is 25.8. The minimum absolute atomic E-state index is 0.0457. The molecule has 0 radical (unpaired) electrons. The molecule has 1 saturated heterocycles. The number of carbonyl (C=O) groups excluding carboxylic acids is 1. The summed E-state index contributed by atoms with van der Waals surface area (Å²) < 4.78 is 19.4. The number of amides is 1. The zero-order valence-corrected chi connectivity index (χ0v) is 23.3. The molecule has 1 amide bonds. The summed E-state index contributed by atoms with van der Waals surface area (Å²) >= 11 is 0. The van der Waals surface area contributed by atoms with Crippen LogP contribution in [0.1, 0.15) is 46.2 Å². The van der Waals surface area contributed by atoms with Gasteiger partial charge in [0.25, 0.3) is 0 Å². The van der Waals surface area contributed by atoms with Crippen molar-refractivity contribution in [3.8, 4) is 18.4 Å². The number of hydrogen-bond acceptors (Lipinski definition) is 6. The largest absolute Gasteiger partial charge is 0.463 e. The quantitative estimate of drug-likeness (QED) is 0.270. The first-order valence-corrected chi connectivity index (χ1v) is 16.1. The highest BCUT2D eigenvalue weighted by molar-refractivity contribution is 6.76. The molecule has 1 aliphatic rings. The second kappa shape index (κ2) is 11.0. The number of aromatic nitrogens is 3. The fourth-order valence-electron chi connectivity index (χ4n) is 4.11. The van der Waals surface area contributed by atoms with Crippen LogP contribution >= 0.6 is 0 Å². The summed E-state index contributed by atoms with van der Waals surface area (Å²) in [6.07, 6.45) is 9.24. The molecular formula is C26H40N4O4Si. The van der Waals surface area contributed by atoms with E-state index >= 15 is 0 Å². The van der Waals surface area contributed by atoms with E-state index in [0.29, 0.717) is 31.2 Å². The number of ether oxygens (including phenoxy) is 3. The van der Waals surface area contributed by atoms with Crippen molar-refractivity contribution in [2.45, 2.75) is 84.6 Å². The molecule has 0 aromatic carbocycles. The van der Waals surface area contributed by atoms with Crippen molar-refractivity contribution in [1.82, 2.24) is 19.4 Å². The predicted octanol–water partition coefficient (Wildman–Crippen LogP) is 5.14. The van der Waals surface area contributed by atoms with E-state index < -0.39 is 13.7 Å². The molecule has 0 saturated carbocycles. The molecule has 1 fully saturated rings. The van der Waals surface area contributed by atoms with Crippen LogP contribution in [0.5, 0.6) is 6.01 Å². The van der Waals surface area contributed by atoms with E-state index in [4.69, 9.17) is 20.6 Å². The predicted molar refractivity (Wildman–Crippen MR) is 140 cm³/mol. The van der Waals surface area contributed by atoms with E-state index in [1.807, 2.05) is 42.5 Å². The number of likely N-dealkylation sites (tertiary alicyclic amines) is 1. The fraction of sp³-hybridized carbons (Fsp3) is 0.654. The lowest BCUT2D eigenvalue weighted by Gasteiger charge is -2.31. The van der Waals surface area contributed by atoms with Crippen molar-refractivity contribution in [2.75, 3.05) is 19.8 Å². The first kappa shape index (κ1) is 27.0. The average Bonchev–Trinajstić information content (AvgIpc) is 3.40. The van der Waals surface area contributed by atoms with Gasteiger partial charge in [0.2, 0.25) is 0 Å². The van der Waals surface area contributed by atoms with Gasteiger partial charge in [0.15, 0.2) is 0 Å². The summed E-state index contributed by atoms with van der Waals surface area (Å²) in [5, 5.41) is 0.800. The summed E-state index contributed by atoms with van der Waals surface area (Å²) in [5.41, 5.74) is 0.668. The summed E-state index contributed by atoms with van der Waals surface area (Å²) in [6.45, 7) is 16.9. The monoisotopic (exact) mass is 500 g/mol. The lowest BCUT2D eigenvalue weighted by molar-refractivity contribution is 0.0160. The molecule has 3 rings (SSSR count). The highest BCUT2D eigenvalue weighted by atomic mass is 28.3. The van der Waals surface area contributed by atoms with E-state index in [1.165, 1.54) is 0 Å². The third-order valence-electron chi connectivity index (χ3n) is 6.02. The second-order valence-electron chi connectivity index (χ2n) is 11.5. The molecule has 2 aromatic rings. The molecule has 1 aliphatic heterocycles. The Labute approximate surface area is 210 Å². The smallest absolute Gasteiger partial charge is 0.410 e. The van der Waals surface area contributed by atoms with E-state index in [2.05, 4.69) is 42.5 Å². The molecule has 0 spiro atoms. The van der Waals surface area contributed by atoms with Crippen molar-refractivity contribution < 1.29 is 19.0 Å². The number of rotatable bonds is 9. The molecule has 35 heavy (non-hydrogen) atoms. The summed E-state index contributed by atoms with van der Waals surface area (Å²) in [7, 11) is -1.15. The van der Waals surface area contributed by atoms with Crippen molar-refractivity contribution in [3.05, 3.63) is 18.0 Å². The minimum Gasteiger partial charge on any atom is -0.463 e. The van der Waals surface area contributed by atoms with Crippen LogP contribution in [0.4, 0.5) is 4.79 Å². The van der Waals surface area contributed by atoms with Crippen LogP contribution in [0, 0.1) is 18.3 Å². The zero-order valence-electron chi connectivity index (χ0n) is 22.3. The second-order valence-corrected chi connectivity index (χ2v) is 17.2. The average molecular weight is 501 g/mol. The van der Waals surface area contributed by atoms with E-state index in [-0.39, 0.29) is 24.1 Å². The van der Waals surface area contributed by atoms with Gasteiger partial charge in [-0.2, -0.15) is 9.97 Å². The normalized spacial score (nSPS) is 17.4. The first-order chi connectivity index (χ1) is 16.4. The molecule has 0 bridgehead atoms. The van der Waals surface area contributed by atoms with Gasteiger partial charge < -0.3 is 23.7 Å². The third kappa shape index (κ3) is 7.45. The van der Waals surface area contributed by atoms with Gasteiger partial charge in [0, 0.05) is 39.4 Å². The van der Waals surface area contributed by atoms with Crippen LogP contribution in [-0.2, 0) is 16.2 Å². The lowest BCUT2D eigenvalue weighted by atomic mass is 10.0. The summed E-state index contributed by atoms with van der Waals surface area (Å²) in [5.74, 6) is 2.73. The van der Waals surface area contributed by atoms with Gasteiger partial charge in [-0.3, -0.25) is 0 Å². The molecule has 1 unspecified atom stereocenters. The van der Waals surface area contributed by atoms with Gasteiger partial charge in [0.1, 0.15) is 23.7 Å². The molecule has 192 valence electrons. The molecule has 2 aromatic heterocycles. The highest BCUT2D eigenvalue weighted by Gasteiger charge is 2.35. The standard InChI is InChI=1S/C26H40N4O4Si/c1-9-21-20-12-14-29(18-32-15-16-35(6,7)8)23(20)28-24(27-21)33-17-19(2)22-11-10-13-30(22)25(31)34-26(3,4)5/h1,12,14,19,22H,10-11,13,15-18H2,2-8H3/t19-,22?/m1/s1. The van der Waals surface area contributed by atoms with Crippen molar-refractivity contribution in [3.63, 3.8) is 0 Å². The molecule has 0 N–H and O–H groups in total. The number of terminal acetylenes is 1. The van der Waals surface area contributed by atoms with Crippen molar-refractivity contribution >= 4 is 25.2 Å². The molecule has 9 heteroatoms. The topological polar surface area (TPSA) is 78.7 Å². The van der Waals surface area contributed by atoms with E-state index in [0.717, 1.165) is 30.9 Å². The molecular weight excluding hydrogens is 460 g/mol. The maximum atomic E-state index is 12.7.